The van der Waals surface area contributed by atoms with Crippen molar-refractivity contribution in [1.29, 1.82) is 5.26 Å². The Labute approximate surface area is 185 Å². The van der Waals surface area contributed by atoms with Crippen LogP contribution in [0.2, 0.25) is 0 Å². The van der Waals surface area contributed by atoms with E-state index in [-0.39, 0.29) is 23.1 Å². The number of alkyl halides is 3. The molecule has 0 saturated heterocycles. The van der Waals surface area contributed by atoms with Crippen LogP contribution >= 0.6 is 0 Å². The van der Waals surface area contributed by atoms with Gasteiger partial charge in [-0.05, 0) is 35.6 Å². The SMILES string of the molecule is CC1(C)CC(O)C(Nc2cccc3c(=O)[nH]ccc23)c2c(C(F)(F)F)c(C#N)c(F)c(O)c21. The molecule has 1 aliphatic carbocycles. The molecule has 3 aromatic rings. The van der Waals surface area contributed by atoms with Crippen LogP contribution in [0.1, 0.15) is 48.6 Å². The average Bonchev–Trinajstić information content (AvgIpc) is 2.71. The normalized spacial score (nSPS) is 19.7. The van der Waals surface area contributed by atoms with Gasteiger partial charge in [0.2, 0.25) is 0 Å². The van der Waals surface area contributed by atoms with Crippen LogP contribution in [0.3, 0.4) is 0 Å². The maximum absolute atomic E-state index is 14.7. The first kappa shape index (κ1) is 22.6. The smallest absolute Gasteiger partial charge is 0.418 e. The van der Waals surface area contributed by atoms with Gasteiger partial charge in [0.25, 0.3) is 5.56 Å². The molecule has 33 heavy (non-hydrogen) atoms. The Morgan fingerprint density at radius 1 is 1.24 bits per heavy atom. The zero-order valence-electron chi connectivity index (χ0n) is 17.5. The molecule has 10 heteroatoms. The molecule has 2 aromatic carbocycles. The van der Waals surface area contributed by atoms with E-state index in [1.165, 1.54) is 44.3 Å². The molecule has 0 amide bonds. The first-order valence-corrected chi connectivity index (χ1v) is 9.99. The van der Waals surface area contributed by atoms with Crippen LogP contribution in [0.25, 0.3) is 10.8 Å². The molecule has 2 atom stereocenters. The second-order valence-electron chi connectivity index (χ2n) is 8.66. The summed E-state index contributed by atoms with van der Waals surface area (Å²) in [7, 11) is 0. The number of anilines is 1. The van der Waals surface area contributed by atoms with E-state index in [0.29, 0.717) is 5.39 Å². The van der Waals surface area contributed by atoms with Crippen molar-refractivity contribution in [1.82, 2.24) is 4.98 Å². The van der Waals surface area contributed by atoms with Crippen LogP contribution < -0.4 is 10.9 Å². The molecule has 4 rings (SSSR count). The molecule has 172 valence electrons. The van der Waals surface area contributed by atoms with Crippen molar-refractivity contribution in [3.8, 4) is 11.8 Å². The fourth-order valence-corrected chi connectivity index (χ4v) is 4.74. The first-order chi connectivity index (χ1) is 15.4. The van der Waals surface area contributed by atoms with E-state index in [4.69, 9.17) is 0 Å². The minimum absolute atomic E-state index is 0.0980. The molecule has 1 heterocycles. The third kappa shape index (κ3) is 3.49. The third-order valence-corrected chi connectivity index (χ3v) is 6.07. The van der Waals surface area contributed by atoms with Crippen LogP contribution in [-0.2, 0) is 11.6 Å². The van der Waals surface area contributed by atoms with E-state index >= 15 is 0 Å². The number of hydrogen-bond donors (Lipinski definition) is 4. The van der Waals surface area contributed by atoms with E-state index in [9.17, 15) is 37.8 Å². The highest BCUT2D eigenvalue weighted by Crippen LogP contribution is 2.53. The molecule has 0 aliphatic heterocycles. The lowest BCUT2D eigenvalue weighted by Gasteiger charge is -2.43. The van der Waals surface area contributed by atoms with Gasteiger partial charge in [0.1, 0.15) is 11.6 Å². The number of benzene rings is 2. The Hall–Kier alpha value is -3.58. The molecule has 2 unspecified atom stereocenters. The summed E-state index contributed by atoms with van der Waals surface area (Å²) in [6.07, 6.45) is -5.26. The van der Waals surface area contributed by atoms with Crippen molar-refractivity contribution in [2.24, 2.45) is 0 Å². The Morgan fingerprint density at radius 2 is 1.94 bits per heavy atom. The van der Waals surface area contributed by atoms with Gasteiger partial charge in [0.15, 0.2) is 11.6 Å². The number of halogens is 4. The Balaban J connectivity index is 2.05. The van der Waals surface area contributed by atoms with Gasteiger partial charge < -0.3 is 20.5 Å². The zero-order valence-corrected chi connectivity index (χ0v) is 17.5. The second-order valence-corrected chi connectivity index (χ2v) is 8.66. The molecule has 6 nitrogen and oxygen atoms in total. The lowest BCUT2D eigenvalue weighted by molar-refractivity contribution is -0.139. The van der Waals surface area contributed by atoms with E-state index < -0.39 is 57.6 Å². The summed E-state index contributed by atoms with van der Waals surface area (Å²) >= 11 is 0. The number of aromatic hydroxyl groups is 1. The Morgan fingerprint density at radius 3 is 2.58 bits per heavy atom. The van der Waals surface area contributed by atoms with Crippen molar-refractivity contribution in [2.45, 2.75) is 44.0 Å². The molecular formula is C23H19F4N3O3. The number of hydrogen-bond acceptors (Lipinski definition) is 5. The number of fused-ring (bicyclic) bond motifs is 2. The number of rotatable bonds is 2. The third-order valence-electron chi connectivity index (χ3n) is 6.07. The molecule has 0 spiro atoms. The number of aromatic amines is 1. The number of phenolic OH excluding ortho intramolecular Hbond substituents is 1. The highest BCUT2D eigenvalue weighted by molar-refractivity contribution is 5.93. The molecule has 0 radical (unpaired) electrons. The fraction of sp³-hybridized carbons (Fsp3) is 0.304. The van der Waals surface area contributed by atoms with E-state index in [1.807, 2.05) is 0 Å². The van der Waals surface area contributed by atoms with Gasteiger partial charge in [-0.2, -0.15) is 18.4 Å². The van der Waals surface area contributed by atoms with Crippen molar-refractivity contribution in [3.63, 3.8) is 0 Å². The van der Waals surface area contributed by atoms with Crippen molar-refractivity contribution >= 4 is 16.5 Å². The van der Waals surface area contributed by atoms with Crippen molar-refractivity contribution in [3.05, 3.63) is 68.9 Å². The summed E-state index contributed by atoms with van der Waals surface area (Å²) in [6.45, 7) is 2.96. The number of aromatic nitrogens is 1. The molecule has 1 aliphatic rings. The summed E-state index contributed by atoms with van der Waals surface area (Å²) in [5.41, 5.74) is -5.20. The first-order valence-electron chi connectivity index (χ1n) is 9.99. The fourth-order valence-electron chi connectivity index (χ4n) is 4.74. The van der Waals surface area contributed by atoms with Crippen LogP contribution in [0, 0.1) is 17.1 Å². The summed E-state index contributed by atoms with van der Waals surface area (Å²) in [5.74, 6) is -2.70. The molecular weight excluding hydrogens is 442 g/mol. The Bertz CT molecular complexity index is 1370. The minimum Gasteiger partial charge on any atom is -0.505 e. The number of nitrogens with zero attached hydrogens (tertiary/aromatic N) is 1. The second kappa shape index (κ2) is 7.49. The lowest BCUT2D eigenvalue weighted by Crippen LogP contribution is -2.41. The van der Waals surface area contributed by atoms with Crippen molar-refractivity contribution in [2.75, 3.05) is 5.32 Å². The van der Waals surface area contributed by atoms with E-state index in [0.717, 1.165) is 0 Å². The summed E-state index contributed by atoms with van der Waals surface area (Å²) in [4.78, 5) is 14.6. The minimum atomic E-state index is -5.15. The zero-order chi connectivity index (χ0) is 24.3. The predicted molar refractivity (Wildman–Crippen MR) is 112 cm³/mol. The van der Waals surface area contributed by atoms with Gasteiger partial charge in [-0.15, -0.1) is 0 Å². The van der Waals surface area contributed by atoms with Gasteiger partial charge in [0, 0.05) is 28.2 Å². The lowest BCUT2D eigenvalue weighted by atomic mass is 9.67. The summed E-state index contributed by atoms with van der Waals surface area (Å²) < 4.78 is 57.3. The highest BCUT2D eigenvalue weighted by Gasteiger charge is 2.50. The van der Waals surface area contributed by atoms with Crippen LogP contribution in [0.4, 0.5) is 23.2 Å². The average molecular weight is 461 g/mol. The van der Waals surface area contributed by atoms with Gasteiger partial charge in [-0.1, -0.05) is 19.9 Å². The van der Waals surface area contributed by atoms with Crippen LogP contribution in [0.15, 0.2) is 35.3 Å². The Kier molecular flexibility index (Phi) is 5.13. The van der Waals surface area contributed by atoms with Gasteiger partial charge in [0.05, 0.1) is 17.7 Å². The van der Waals surface area contributed by atoms with Crippen LogP contribution in [-0.4, -0.2) is 21.3 Å². The quantitative estimate of drug-likeness (QED) is 0.422. The van der Waals surface area contributed by atoms with E-state index in [2.05, 4.69) is 10.3 Å². The molecule has 0 fully saturated rings. The monoisotopic (exact) mass is 461 g/mol. The number of H-pyrrole nitrogens is 1. The number of aliphatic hydroxyl groups excluding tert-OH is 1. The number of aliphatic hydroxyl groups is 1. The highest BCUT2D eigenvalue weighted by atomic mass is 19.4. The molecule has 0 saturated carbocycles. The predicted octanol–water partition coefficient (Wildman–Crippen LogP) is 4.46. The topological polar surface area (TPSA) is 109 Å². The largest absolute Gasteiger partial charge is 0.505 e. The number of nitriles is 1. The molecule has 4 N–H and O–H groups in total. The maximum atomic E-state index is 14.7. The molecule has 0 bridgehead atoms. The summed E-state index contributed by atoms with van der Waals surface area (Å²) in [5, 5.41) is 34.2. The number of phenols is 1. The van der Waals surface area contributed by atoms with Crippen molar-refractivity contribution < 1.29 is 27.8 Å². The molecule has 1 aromatic heterocycles. The number of pyridine rings is 1. The van der Waals surface area contributed by atoms with Gasteiger partial charge in [-0.25, -0.2) is 4.39 Å². The maximum Gasteiger partial charge on any atom is 0.418 e. The van der Waals surface area contributed by atoms with Crippen LogP contribution in [0.5, 0.6) is 5.75 Å². The number of nitrogens with one attached hydrogen (secondary N) is 2. The standard InChI is InChI=1S/C23H19F4N3O3/c1-22(2)8-14(31)19(30-13-5-3-4-11-10(13)6-7-29-21(11)33)15-16(23(25,26)27)12(9-28)18(24)20(32)17(15)22/h3-7,14,19,30-32H,8H2,1-2H3,(H,29,33). The van der Waals surface area contributed by atoms with E-state index in [1.54, 1.807) is 6.07 Å². The van der Waals surface area contributed by atoms with Gasteiger partial charge >= 0.3 is 6.18 Å². The summed E-state index contributed by atoms with van der Waals surface area (Å²) in [6, 6.07) is 5.89. The van der Waals surface area contributed by atoms with Gasteiger partial charge in [-0.3, -0.25) is 4.79 Å².